The number of hydrogen-bond donors (Lipinski definition) is 0. The van der Waals surface area contributed by atoms with Crippen molar-refractivity contribution < 1.29 is 18.9 Å². The van der Waals surface area contributed by atoms with Gasteiger partial charge in [-0.3, -0.25) is 0 Å². The molecule has 0 radical (unpaired) electrons. The van der Waals surface area contributed by atoms with E-state index in [1.807, 2.05) is 6.08 Å². The Morgan fingerprint density at radius 2 is 1.61 bits per heavy atom. The van der Waals surface area contributed by atoms with Crippen molar-refractivity contribution in [2.45, 2.75) is 52.2 Å². The average Bonchev–Trinajstić information content (AvgIpc) is 2.38. The number of methoxy groups -OCH3 is 1. The lowest BCUT2D eigenvalue weighted by Crippen LogP contribution is -2.18. The molecule has 0 amide bonds. The topological polar surface area (TPSA) is 36.9 Å². The molecule has 0 saturated heterocycles. The highest BCUT2D eigenvalue weighted by atomic mass is 16.7. The van der Waals surface area contributed by atoms with Gasteiger partial charge in [0, 0.05) is 26.7 Å². The van der Waals surface area contributed by atoms with Crippen molar-refractivity contribution in [3.8, 4) is 0 Å². The van der Waals surface area contributed by atoms with Gasteiger partial charge in [0.2, 0.25) is 0 Å². The van der Waals surface area contributed by atoms with Crippen LogP contribution in [0.15, 0.2) is 12.3 Å². The Hall–Kier alpha value is -0.580. The van der Waals surface area contributed by atoms with Crippen LogP contribution in [-0.4, -0.2) is 33.4 Å². The maximum absolute atomic E-state index is 5.68. The van der Waals surface area contributed by atoms with E-state index in [4.69, 9.17) is 18.9 Å². The van der Waals surface area contributed by atoms with Crippen molar-refractivity contribution in [3.63, 3.8) is 0 Å². The first-order valence-corrected chi connectivity index (χ1v) is 6.83. The molecule has 0 N–H and O–H groups in total. The molecule has 0 aliphatic rings. The molecule has 4 nitrogen and oxygen atoms in total. The molecule has 0 atom stereocenters. The molecule has 108 valence electrons. The minimum atomic E-state index is -0.162. The number of hydrogen-bond acceptors (Lipinski definition) is 4. The van der Waals surface area contributed by atoms with Crippen LogP contribution in [0.3, 0.4) is 0 Å². The van der Waals surface area contributed by atoms with Gasteiger partial charge in [0.05, 0.1) is 6.26 Å². The molecule has 0 rings (SSSR count). The molecule has 0 spiro atoms. The fourth-order valence-electron chi connectivity index (χ4n) is 1.24. The molecule has 0 aliphatic heterocycles. The molecule has 0 aromatic rings. The van der Waals surface area contributed by atoms with Crippen LogP contribution in [0.1, 0.15) is 46.0 Å². The van der Waals surface area contributed by atoms with Gasteiger partial charge in [-0.2, -0.15) is 0 Å². The molecule has 0 saturated carbocycles. The van der Waals surface area contributed by atoms with Gasteiger partial charge in [-0.25, -0.2) is 0 Å². The largest absolute Gasteiger partial charge is 0.476 e. The van der Waals surface area contributed by atoms with Crippen molar-refractivity contribution in [3.05, 3.63) is 12.3 Å². The van der Waals surface area contributed by atoms with Crippen molar-refractivity contribution in [2.24, 2.45) is 0 Å². The van der Waals surface area contributed by atoms with Crippen molar-refractivity contribution in [1.82, 2.24) is 0 Å². The van der Waals surface area contributed by atoms with E-state index >= 15 is 0 Å². The highest BCUT2D eigenvalue weighted by Gasteiger charge is 2.06. The van der Waals surface area contributed by atoms with Gasteiger partial charge in [0.15, 0.2) is 13.1 Å². The van der Waals surface area contributed by atoms with E-state index in [2.05, 4.69) is 13.8 Å². The summed E-state index contributed by atoms with van der Waals surface area (Å²) in [7, 11) is 1.60. The maximum Gasteiger partial charge on any atom is 0.187 e. The number of ether oxygens (including phenoxy) is 4. The average molecular weight is 260 g/mol. The summed E-state index contributed by atoms with van der Waals surface area (Å²) in [5.41, 5.74) is 0. The third-order valence-electron chi connectivity index (χ3n) is 2.31. The Kier molecular flexibility index (Phi) is 14.0. The summed E-state index contributed by atoms with van der Waals surface area (Å²) < 4.78 is 21.2. The van der Waals surface area contributed by atoms with Gasteiger partial charge >= 0.3 is 0 Å². The highest BCUT2D eigenvalue weighted by Crippen LogP contribution is 2.05. The summed E-state index contributed by atoms with van der Waals surface area (Å²) in [5.74, 6) is 0. The number of unbranched alkanes of at least 4 members (excludes halogenated alkanes) is 2. The molecule has 18 heavy (non-hydrogen) atoms. The highest BCUT2D eigenvalue weighted by molar-refractivity contribution is 4.75. The molecular weight excluding hydrogens is 232 g/mol. The summed E-state index contributed by atoms with van der Waals surface area (Å²) in [6.45, 7) is 6.07. The predicted molar refractivity (Wildman–Crippen MR) is 72.2 cm³/mol. The van der Waals surface area contributed by atoms with Crippen LogP contribution in [0.5, 0.6) is 0 Å². The minimum absolute atomic E-state index is 0.162. The second-order valence-electron chi connectivity index (χ2n) is 4.06. The van der Waals surface area contributed by atoms with E-state index in [1.54, 1.807) is 13.4 Å². The molecule has 0 heterocycles. The zero-order chi connectivity index (χ0) is 13.5. The molecule has 0 aliphatic carbocycles. The third-order valence-corrected chi connectivity index (χ3v) is 2.31. The van der Waals surface area contributed by atoms with E-state index in [0.717, 1.165) is 38.9 Å². The SMILES string of the molecule is CCCCOC(CC=COCOC)OCCCC. The van der Waals surface area contributed by atoms with Gasteiger partial charge in [0.25, 0.3) is 0 Å². The van der Waals surface area contributed by atoms with Gasteiger partial charge in [0.1, 0.15) is 0 Å². The van der Waals surface area contributed by atoms with Gasteiger partial charge < -0.3 is 18.9 Å². The van der Waals surface area contributed by atoms with Gasteiger partial charge in [-0.1, -0.05) is 26.7 Å². The van der Waals surface area contributed by atoms with Crippen LogP contribution in [-0.2, 0) is 18.9 Å². The fraction of sp³-hybridized carbons (Fsp3) is 0.857. The van der Waals surface area contributed by atoms with E-state index in [-0.39, 0.29) is 13.1 Å². The van der Waals surface area contributed by atoms with Crippen LogP contribution in [0.4, 0.5) is 0 Å². The first kappa shape index (κ1) is 17.4. The summed E-state index contributed by atoms with van der Waals surface area (Å²) in [4.78, 5) is 0. The molecule has 0 aromatic heterocycles. The predicted octanol–water partition coefficient (Wildman–Crippen LogP) is 3.47. The maximum atomic E-state index is 5.68. The minimum Gasteiger partial charge on any atom is -0.476 e. The van der Waals surface area contributed by atoms with Crippen LogP contribution >= 0.6 is 0 Å². The Balaban J connectivity index is 3.76. The first-order chi connectivity index (χ1) is 8.85. The second-order valence-corrected chi connectivity index (χ2v) is 4.06. The van der Waals surface area contributed by atoms with Crippen molar-refractivity contribution in [2.75, 3.05) is 27.1 Å². The lowest BCUT2D eigenvalue weighted by atomic mass is 10.3. The zero-order valence-corrected chi connectivity index (χ0v) is 12.0. The van der Waals surface area contributed by atoms with Crippen LogP contribution in [0, 0.1) is 0 Å². The summed E-state index contributed by atoms with van der Waals surface area (Å²) in [6, 6.07) is 0. The molecule has 0 bridgehead atoms. The smallest absolute Gasteiger partial charge is 0.187 e. The van der Waals surface area contributed by atoms with Gasteiger partial charge in [-0.05, 0) is 18.9 Å². The van der Waals surface area contributed by atoms with E-state index in [9.17, 15) is 0 Å². The van der Waals surface area contributed by atoms with Gasteiger partial charge in [-0.15, -0.1) is 0 Å². The molecular formula is C14H28O4. The van der Waals surface area contributed by atoms with E-state index in [0.29, 0.717) is 6.42 Å². The van der Waals surface area contributed by atoms with E-state index in [1.165, 1.54) is 0 Å². The summed E-state index contributed by atoms with van der Waals surface area (Å²) in [5, 5.41) is 0. The Morgan fingerprint density at radius 3 is 2.11 bits per heavy atom. The summed E-state index contributed by atoms with van der Waals surface area (Å²) in [6.07, 6.45) is 8.48. The second kappa shape index (κ2) is 14.5. The molecule has 0 fully saturated rings. The quantitative estimate of drug-likeness (QED) is 0.289. The van der Waals surface area contributed by atoms with Crippen molar-refractivity contribution in [1.29, 1.82) is 0 Å². The lowest BCUT2D eigenvalue weighted by molar-refractivity contribution is -0.141. The van der Waals surface area contributed by atoms with E-state index < -0.39 is 0 Å². The Bertz CT molecular complexity index is 173. The number of rotatable bonds is 13. The normalized spacial score (nSPS) is 11.6. The monoisotopic (exact) mass is 260 g/mol. The molecule has 4 heteroatoms. The molecule has 0 unspecified atom stereocenters. The summed E-state index contributed by atoms with van der Waals surface area (Å²) >= 11 is 0. The van der Waals surface area contributed by atoms with Crippen LogP contribution in [0.25, 0.3) is 0 Å². The fourth-order valence-corrected chi connectivity index (χ4v) is 1.24. The van der Waals surface area contributed by atoms with Crippen molar-refractivity contribution >= 4 is 0 Å². The lowest BCUT2D eigenvalue weighted by Gasteiger charge is -2.16. The Morgan fingerprint density at radius 1 is 1.00 bits per heavy atom. The van der Waals surface area contributed by atoms with Crippen LogP contribution < -0.4 is 0 Å². The molecule has 0 aromatic carbocycles. The first-order valence-electron chi connectivity index (χ1n) is 6.83. The van der Waals surface area contributed by atoms with Crippen LogP contribution in [0.2, 0.25) is 0 Å². The zero-order valence-electron chi connectivity index (χ0n) is 12.0. The third kappa shape index (κ3) is 11.9. The Labute approximate surface area is 111 Å². The standard InChI is InChI=1S/C14H28O4/c1-4-6-11-17-14(18-12-7-5-2)9-8-10-16-13-15-3/h8,10,14H,4-7,9,11-13H2,1-3H3.